The molecule has 0 atom stereocenters. The molecule has 0 saturated carbocycles. The Labute approximate surface area is 65.8 Å². The van der Waals surface area contributed by atoms with E-state index < -0.39 is 5.60 Å². The molecule has 0 amide bonds. The van der Waals surface area contributed by atoms with E-state index >= 15 is 0 Å². The van der Waals surface area contributed by atoms with Crippen LogP contribution < -0.4 is 0 Å². The van der Waals surface area contributed by atoms with Gasteiger partial charge in [0, 0.05) is 21.2 Å². The van der Waals surface area contributed by atoms with Gasteiger partial charge in [-0.05, 0) is 28.0 Å². The van der Waals surface area contributed by atoms with Crippen LogP contribution in [0.25, 0.3) is 0 Å². The van der Waals surface area contributed by atoms with Crippen molar-refractivity contribution in [1.29, 1.82) is 0 Å². The normalized spacial score (nSPS) is 10.0. The summed E-state index contributed by atoms with van der Waals surface area (Å²) < 4.78 is 0. The Kier molecular flexibility index (Phi) is 3.86. The lowest BCUT2D eigenvalue weighted by Gasteiger charge is -2.04. The highest BCUT2D eigenvalue weighted by atomic mass is 127. The zero-order valence-electron chi connectivity index (χ0n) is 4.73. The third-order valence-corrected chi connectivity index (χ3v) is 1.24. The minimum absolute atomic E-state index is 0.835. The van der Waals surface area contributed by atoms with Gasteiger partial charge in [0.15, 0.2) is 0 Å². The Hall–Kier alpha value is 0.600. The van der Waals surface area contributed by atoms with E-state index in [9.17, 15) is 0 Å². The van der Waals surface area contributed by atoms with Gasteiger partial charge < -0.3 is 5.11 Å². The molecule has 0 spiro atoms. The Morgan fingerprint density at radius 3 is 2.25 bits per heavy atom. The van der Waals surface area contributed by atoms with Gasteiger partial charge in [-0.2, -0.15) is 0 Å². The molecule has 0 aromatic carbocycles. The predicted molar refractivity (Wildman–Crippen MR) is 45.7 cm³/mol. The summed E-state index contributed by atoms with van der Waals surface area (Å²) >= 11 is 2.06. The van der Waals surface area contributed by atoms with Crippen LogP contribution in [0.5, 0.6) is 0 Å². The average molecular weight is 242 g/mol. The maximum Gasteiger partial charge on any atom is 0.120 e. The monoisotopic (exact) mass is 242 g/mol. The minimum atomic E-state index is -0.835. The highest BCUT2D eigenvalue weighted by Crippen LogP contribution is 2.08. The average Bonchev–Trinajstić information content (AvgIpc) is 1.59. The molecule has 0 rings (SSSR count). The van der Waals surface area contributed by atoms with Crippen LogP contribution in [0.2, 0.25) is 0 Å². The van der Waals surface area contributed by atoms with Crippen LogP contribution in [0.1, 0.15) is 13.8 Å². The molecule has 46 valence electrons. The molecule has 3 heteroatoms. The Bertz CT molecular complexity index is 117. The summed E-state index contributed by atoms with van der Waals surface area (Å²) in [7, 11) is 1.38. The Morgan fingerprint density at radius 2 is 2.12 bits per heavy atom. The summed E-state index contributed by atoms with van der Waals surface area (Å²) in [4.78, 5) is 0. The van der Waals surface area contributed by atoms with E-state index in [4.69, 9.17) is 5.11 Å². The highest BCUT2D eigenvalue weighted by molar-refractivity contribution is 14.2. The second-order valence-corrected chi connectivity index (χ2v) is 3.54. The molecule has 8 heavy (non-hydrogen) atoms. The molecule has 1 N–H and O–H groups in total. The summed E-state index contributed by atoms with van der Waals surface area (Å²) in [5.41, 5.74) is -0.835. The smallest absolute Gasteiger partial charge is 0.120 e. The van der Waals surface area contributed by atoms with Crippen molar-refractivity contribution in [1.82, 2.24) is 0 Å². The number of rotatable bonds is 0. The molecule has 0 aliphatic carbocycles. The lowest BCUT2D eigenvalue weighted by molar-refractivity contribution is 0.144. The molecule has 0 radical (unpaired) electrons. The summed E-state index contributed by atoms with van der Waals surface area (Å²) in [5, 5.41) is 11.6. The maximum absolute atomic E-state index is 8.96. The molecule has 0 aliphatic heterocycles. The lowest BCUT2D eigenvalue weighted by Crippen LogP contribution is -2.14. The van der Waals surface area contributed by atoms with Gasteiger partial charge in [0.05, 0.1) is 0 Å². The van der Waals surface area contributed by atoms with Crippen LogP contribution in [-0.4, -0.2) is 10.7 Å². The first-order valence-corrected chi connectivity index (χ1v) is 5.44. The quantitative estimate of drug-likeness (QED) is 0.516. The molecule has 0 fully saturated rings. The number of halogens is 1. The van der Waals surface area contributed by atoms with Gasteiger partial charge in [-0.25, -0.2) is 0 Å². The summed E-state index contributed by atoms with van der Waals surface area (Å²) in [6, 6.07) is 0. The maximum atomic E-state index is 8.96. The van der Waals surface area contributed by atoms with Crippen LogP contribution in [0.15, 0.2) is 0 Å². The Balaban J connectivity index is 3.69. The molecular weight excluding hydrogens is 235 g/mol. The zero-order chi connectivity index (χ0) is 6.62. The first-order valence-electron chi connectivity index (χ1n) is 2.08. The third-order valence-electron chi connectivity index (χ3n) is 0.396. The van der Waals surface area contributed by atoms with E-state index in [1.807, 2.05) is 0 Å². The van der Waals surface area contributed by atoms with E-state index in [0.717, 1.165) is 0 Å². The van der Waals surface area contributed by atoms with Crippen molar-refractivity contribution in [3.63, 3.8) is 0 Å². The first-order chi connectivity index (χ1) is 3.56. The largest absolute Gasteiger partial charge is 0.378 e. The van der Waals surface area contributed by atoms with Crippen LogP contribution in [0, 0.1) is 11.2 Å². The van der Waals surface area contributed by atoms with E-state index in [-0.39, 0.29) is 0 Å². The molecular formula is C5H7IOS. The molecule has 0 aliphatic rings. The zero-order valence-corrected chi connectivity index (χ0v) is 7.71. The Morgan fingerprint density at radius 1 is 1.62 bits per heavy atom. The van der Waals surface area contributed by atoms with Gasteiger partial charge in [0.2, 0.25) is 0 Å². The molecule has 0 aromatic rings. The van der Waals surface area contributed by atoms with Gasteiger partial charge in [-0.15, -0.1) is 0 Å². The lowest BCUT2D eigenvalue weighted by atomic mass is 10.2. The van der Waals surface area contributed by atoms with Crippen molar-refractivity contribution >= 4 is 30.1 Å². The predicted octanol–water partition coefficient (Wildman–Crippen LogP) is 1.80. The van der Waals surface area contributed by atoms with Crippen LogP contribution >= 0.6 is 30.1 Å². The van der Waals surface area contributed by atoms with Gasteiger partial charge in [0.1, 0.15) is 5.60 Å². The first kappa shape index (κ1) is 8.60. The highest BCUT2D eigenvalue weighted by Gasteiger charge is 2.04. The molecule has 0 aromatic heterocycles. The minimum Gasteiger partial charge on any atom is -0.378 e. The molecule has 0 unspecified atom stereocenters. The standard InChI is InChI=1S/C5H7IOS/c1-5(2,7)3-4-8-6/h7H,1-2H3. The molecule has 0 saturated heterocycles. The number of aliphatic hydroxyl groups is 1. The fraction of sp³-hybridized carbons (Fsp3) is 0.600. The summed E-state index contributed by atoms with van der Waals surface area (Å²) in [6.07, 6.45) is 0. The van der Waals surface area contributed by atoms with E-state index in [1.165, 1.54) is 8.93 Å². The molecule has 0 bridgehead atoms. The fourth-order valence-electron chi connectivity index (χ4n) is 0.144. The van der Waals surface area contributed by atoms with E-state index in [1.54, 1.807) is 13.8 Å². The molecule has 0 heterocycles. The van der Waals surface area contributed by atoms with Crippen molar-refractivity contribution < 1.29 is 5.11 Å². The van der Waals surface area contributed by atoms with Gasteiger partial charge in [-0.1, -0.05) is 5.92 Å². The van der Waals surface area contributed by atoms with Crippen LogP contribution in [-0.2, 0) is 0 Å². The molecule has 1 nitrogen and oxygen atoms in total. The third kappa shape index (κ3) is 6.60. The van der Waals surface area contributed by atoms with E-state index in [0.29, 0.717) is 0 Å². The SMILES string of the molecule is CC(C)(O)C#CSI. The van der Waals surface area contributed by atoms with E-state index in [2.05, 4.69) is 32.4 Å². The van der Waals surface area contributed by atoms with Gasteiger partial charge >= 0.3 is 0 Å². The van der Waals surface area contributed by atoms with Crippen molar-refractivity contribution in [3.8, 4) is 11.2 Å². The number of hydrogen-bond acceptors (Lipinski definition) is 2. The topological polar surface area (TPSA) is 20.2 Å². The fourth-order valence-corrected chi connectivity index (χ4v) is 0.763. The van der Waals surface area contributed by atoms with Crippen molar-refractivity contribution in [2.45, 2.75) is 19.4 Å². The van der Waals surface area contributed by atoms with Gasteiger partial charge in [-0.3, -0.25) is 0 Å². The van der Waals surface area contributed by atoms with Crippen LogP contribution in [0.3, 0.4) is 0 Å². The number of hydrogen-bond donors (Lipinski definition) is 1. The second-order valence-electron chi connectivity index (χ2n) is 1.86. The van der Waals surface area contributed by atoms with Gasteiger partial charge in [0.25, 0.3) is 0 Å². The van der Waals surface area contributed by atoms with Crippen molar-refractivity contribution in [2.75, 3.05) is 0 Å². The van der Waals surface area contributed by atoms with Crippen LogP contribution in [0.4, 0.5) is 0 Å². The summed E-state index contributed by atoms with van der Waals surface area (Å²) in [6.45, 7) is 3.32. The van der Waals surface area contributed by atoms with Crippen molar-refractivity contribution in [2.24, 2.45) is 0 Å². The van der Waals surface area contributed by atoms with Crippen molar-refractivity contribution in [3.05, 3.63) is 0 Å². The summed E-state index contributed by atoms with van der Waals surface area (Å²) in [5.74, 6) is 2.63. The second kappa shape index (κ2) is 3.59.